The molecule has 0 saturated heterocycles. The van der Waals surface area contributed by atoms with Crippen molar-refractivity contribution in [3.05, 3.63) is 14.7 Å². The third kappa shape index (κ3) is 3.53. The van der Waals surface area contributed by atoms with E-state index < -0.39 is 21.3 Å². The predicted octanol–water partition coefficient (Wildman–Crippen LogP) is 1.61. The molecule has 0 atom stereocenters. The van der Waals surface area contributed by atoms with Crippen LogP contribution in [-0.2, 0) is 14.8 Å². The molecule has 0 unspecified atom stereocenters. The van der Waals surface area contributed by atoms with Crippen LogP contribution in [0.15, 0.2) is 14.7 Å². The summed E-state index contributed by atoms with van der Waals surface area (Å²) in [6.45, 7) is 4.88. The Labute approximate surface area is 119 Å². The van der Waals surface area contributed by atoms with Crippen molar-refractivity contribution in [3.8, 4) is 0 Å². The van der Waals surface area contributed by atoms with Gasteiger partial charge in [0.15, 0.2) is 0 Å². The summed E-state index contributed by atoms with van der Waals surface area (Å²) < 4.78 is 27.3. The summed E-state index contributed by atoms with van der Waals surface area (Å²) in [5.41, 5.74) is 4.27. The number of nitrogens with one attached hydrogen (secondary N) is 1. The molecule has 0 fully saturated rings. The zero-order valence-corrected chi connectivity index (χ0v) is 13.5. The lowest BCUT2D eigenvalue weighted by Crippen LogP contribution is -2.42. The number of carbonyl (C=O) groups is 1. The second-order valence-electron chi connectivity index (χ2n) is 4.54. The summed E-state index contributed by atoms with van der Waals surface area (Å²) >= 11 is 4.58. The molecule has 0 aromatic carbocycles. The minimum atomic E-state index is -3.61. The summed E-state index contributed by atoms with van der Waals surface area (Å²) in [5, 5.41) is 0. The number of sulfonamides is 1. The van der Waals surface area contributed by atoms with Gasteiger partial charge < -0.3 is 5.73 Å². The van der Waals surface area contributed by atoms with Crippen molar-refractivity contribution >= 4 is 43.2 Å². The quantitative estimate of drug-likeness (QED) is 0.841. The summed E-state index contributed by atoms with van der Waals surface area (Å²) in [4.78, 5) is 12.0. The monoisotopic (exact) mass is 354 g/mol. The first-order valence-corrected chi connectivity index (χ1v) is 8.21. The number of halogens is 1. The zero-order valence-electron chi connectivity index (χ0n) is 10.3. The standard InChI is InChI=1S/C10H15BrN2O3S2/c1-6-7(4-8(11)17-6)18(15,16)13-5-10(2,3)9(12)14/h4,13H,5H2,1-3H3,(H2,12,14). The fourth-order valence-electron chi connectivity index (χ4n) is 1.14. The Kier molecular flexibility index (Phi) is 4.58. The van der Waals surface area contributed by atoms with Crippen molar-refractivity contribution < 1.29 is 13.2 Å². The maximum Gasteiger partial charge on any atom is 0.241 e. The molecule has 0 saturated carbocycles. The molecule has 1 aromatic rings. The maximum absolute atomic E-state index is 12.1. The van der Waals surface area contributed by atoms with Crippen molar-refractivity contribution in [1.82, 2.24) is 4.72 Å². The van der Waals surface area contributed by atoms with E-state index in [0.29, 0.717) is 4.88 Å². The first-order valence-electron chi connectivity index (χ1n) is 5.12. The molecule has 0 bridgehead atoms. The van der Waals surface area contributed by atoms with Crippen molar-refractivity contribution in [2.75, 3.05) is 6.54 Å². The van der Waals surface area contributed by atoms with Gasteiger partial charge in [0.1, 0.15) is 0 Å². The van der Waals surface area contributed by atoms with Gasteiger partial charge in [-0.05, 0) is 42.8 Å². The molecule has 0 aliphatic rings. The molecule has 8 heteroatoms. The summed E-state index contributed by atoms with van der Waals surface area (Å²) in [6, 6.07) is 1.54. The van der Waals surface area contributed by atoms with Gasteiger partial charge >= 0.3 is 0 Å². The van der Waals surface area contributed by atoms with Gasteiger partial charge in [-0.2, -0.15) is 0 Å². The van der Waals surface area contributed by atoms with Gasteiger partial charge in [0, 0.05) is 11.4 Å². The molecule has 0 spiro atoms. The van der Waals surface area contributed by atoms with E-state index in [4.69, 9.17) is 5.73 Å². The SMILES string of the molecule is Cc1sc(Br)cc1S(=O)(=O)NCC(C)(C)C(N)=O. The minimum Gasteiger partial charge on any atom is -0.369 e. The fraction of sp³-hybridized carbons (Fsp3) is 0.500. The van der Waals surface area contributed by atoms with E-state index in [0.717, 1.165) is 3.79 Å². The highest BCUT2D eigenvalue weighted by atomic mass is 79.9. The minimum absolute atomic E-state index is 0.0302. The van der Waals surface area contributed by atoms with Crippen LogP contribution >= 0.6 is 27.3 Å². The summed E-state index contributed by atoms with van der Waals surface area (Å²) in [5.74, 6) is -0.548. The number of thiophene rings is 1. The van der Waals surface area contributed by atoms with Crippen LogP contribution in [0.5, 0.6) is 0 Å². The van der Waals surface area contributed by atoms with E-state index in [1.807, 2.05) is 0 Å². The first-order chi connectivity index (χ1) is 8.06. The van der Waals surface area contributed by atoms with Gasteiger partial charge in [0.05, 0.1) is 14.1 Å². The van der Waals surface area contributed by atoms with Crippen LogP contribution in [0.25, 0.3) is 0 Å². The van der Waals surface area contributed by atoms with Crippen molar-refractivity contribution in [3.63, 3.8) is 0 Å². The molecular weight excluding hydrogens is 340 g/mol. The van der Waals surface area contributed by atoms with Gasteiger partial charge in [-0.1, -0.05) is 0 Å². The number of hydrogen-bond donors (Lipinski definition) is 2. The second kappa shape index (κ2) is 5.28. The predicted molar refractivity (Wildman–Crippen MR) is 74.9 cm³/mol. The van der Waals surface area contributed by atoms with Crippen LogP contribution in [0.4, 0.5) is 0 Å². The van der Waals surface area contributed by atoms with Gasteiger partial charge in [-0.25, -0.2) is 13.1 Å². The number of amides is 1. The molecule has 0 aliphatic carbocycles. The Morgan fingerprint density at radius 1 is 1.56 bits per heavy atom. The topological polar surface area (TPSA) is 89.3 Å². The lowest BCUT2D eigenvalue weighted by molar-refractivity contribution is -0.125. The van der Waals surface area contributed by atoms with Crippen LogP contribution in [0, 0.1) is 12.3 Å². The number of aryl methyl sites for hydroxylation is 1. The van der Waals surface area contributed by atoms with Crippen molar-refractivity contribution in [1.29, 1.82) is 0 Å². The molecule has 1 heterocycles. The van der Waals surface area contributed by atoms with E-state index in [2.05, 4.69) is 20.7 Å². The van der Waals surface area contributed by atoms with Gasteiger partial charge in [-0.3, -0.25) is 4.79 Å². The molecule has 1 aromatic heterocycles. The average molecular weight is 355 g/mol. The Balaban J connectivity index is 2.91. The second-order valence-corrected chi connectivity index (χ2v) is 8.91. The molecule has 3 N–H and O–H groups in total. The summed E-state index contributed by atoms with van der Waals surface area (Å²) in [6.07, 6.45) is 0. The smallest absolute Gasteiger partial charge is 0.241 e. The van der Waals surface area contributed by atoms with E-state index in [1.165, 1.54) is 11.3 Å². The van der Waals surface area contributed by atoms with E-state index in [1.54, 1.807) is 26.8 Å². The van der Waals surface area contributed by atoms with Crippen LogP contribution in [0.2, 0.25) is 0 Å². The van der Waals surface area contributed by atoms with E-state index >= 15 is 0 Å². The Morgan fingerprint density at radius 3 is 2.50 bits per heavy atom. The van der Waals surface area contributed by atoms with Crippen molar-refractivity contribution in [2.45, 2.75) is 25.7 Å². The zero-order chi connectivity index (χ0) is 14.1. The normalized spacial score (nSPS) is 12.7. The summed E-state index contributed by atoms with van der Waals surface area (Å²) in [7, 11) is -3.61. The molecule has 0 radical (unpaired) electrons. The highest BCUT2D eigenvalue weighted by Gasteiger charge is 2.28. The Morgan fingerprint density at radius 2 is 2.11 bits per heavy atom. The van der Waals surface area contributed by atoms with Crippen molar-refractivity contribution in [2.24, 2.45) is 11.1 Å². The molecule has 1 rings (SSSR count). The number of hydrogen-bond acceptors (Lipinski definition) is 4. The van der Waals surface area contributed by atoms with Gasteiger partial charge in [-0.15, -0.1) is 11.3 Å². The molecular formula is C10H15BrN2O3S2. The number of nitrogens with two attached hydrogens (primary N) is 1. The van der Waals surface area contributed by atoms with Crippen LogP contribution in [0.3, 0.4) is 0 Å². The Hall–Kier alpha value is -0.440. The number of rotatable bonds is 5. The van der Waals surface area contributed by atoms with E-state index in [-0.39, 0.29) is 11.4 Å². The number of carbonyl (C=O) groups excluding carboxylic acids is 1. The van der Waals surface area contributed by atoms with Crippen LogP contribution in [-0.4, -0.2) is 20.9 Å². The largest absolute Gasteiger partial charge is 0.369 e. The van der Waals surface area contributed by atoms with Crippen LogP contribution < -0.4 is 10.5 Å². The average Bonchev–Trinajstić information content (AvgIpc) is 2.56. The van der Waals surface area contributed by atoms with Crippen LogP contribution in [0.1, 0.15) is 18.7 Å². The molecule has 18 heavy (non-hydrogen) atoms. The lowest BCUT2D eigenvalue weighted by Gasteiger charge is -2.20. The first kappa shape index (κ1) is 15.6. The third-order valence-corrected chi connectivity index (χ3v) is 5.71. The molecule has 102 valence electrons. The highest BCUT2D eigenvalue weighted by Crippen LogP contribution is 2.29. The fourth-order valence-corrected chi connectivity index (χ4v) is 4.76. The maximum atomic E-state index is 12.1. The Bertz CT molecular complexity index is 564. The lowest BCUT2D eigenvalue weighted by atomic mass is 9.93. The molecule has 0 aliphatic heterocycles. The molecule has 1 amide bonds. The molecule has 5 nitrogen and oxygen atoms in total. The third-order valence-electron chi connectivity index (χ3n) is 2.50. The van der Waals surface area contributed by atoms with Gasteiger partial charge in [0.2, 0.25) is 15.9 Å². The van der Waals surface area contributed by atoms with Gasteiger partial charge in [0.25, 0.3) is 0 Å². The number of primary amides is 1. The highest BCUT2D eigenvalue weighted by molar-refractivity contribution is 9.11. The van der Waals surface area contributed by atoms with E-state index in [9.17, 15) is 13.2 Å².